The van der Waals surface area contributed by atoms with Crippen LogP contribution in [-0.2, 0) is 4.74 Å². The van der Waals surface area contributed by atoms with Crippen molar-refractivity contribution < 1.29 is 31.8 Å². The molecule has 0 aromatic heterocycles. The van der Waals surface area contributed by atoms with E-state index in [-0.39, 0.29) is 0 Å². The SMILES string of the molecule is COC(=O)c1c(OC(F)(F)F)ccc(F)c1N. The van der Waals surface area contributed by atoms with Gasteiger partial charge in [0.15, 0.2) is 0 Å². The number of nitrogen functional groups attached to an aromatic ring is 1. The first kappa shape index (κ1) is 13.1. The number of alkyl halides is 3. The lowest BCUT2D eigenvalue weighted by Crippen LogP contribution is -2.20. The molecule has 0 radical (unpaired) electrons. The number of esters is 1. The Kier molecular flexibility index (Phi) is 3.45. The van der Waals surface area contributed by atoms with E-state index < -0.39 is 35.1 Å². The maximum atomic E-state index is 13.0. The molecule has 0 saturated heterocycles. The summed E-state index contributed by atoms with van der Waals surface area (Å²) >= 11 is 0. The van der Waals surface area contributed by atoms with Gasteiger partial charge >= 0.3 is 12.3 Å². The van der Waals surface area contributed by atoms with E-state index in [2.05, 4.69) is 9.47 Å². The molecule has 8 heteroatoms. The van der Waals surface area contributed by atoms with Crippen LogP contribution in [0.15, 0.2) is 12.1 Å². The second kappa shape index (κ2) is 4.48. The summed E-state index contributed by atoms with van der Waals surface area (Å²) in [5.41, 5.74) is 3.59. The summed E-state index contributed by atoms with van der Waals surface area (Å²) in [5, 5.41) is 0. The Morgan fingerprint density at radius 2 is 1.94 bits per heavy atom. The maximum absolute atomic E-state index is 13.0. The number of benzene rings is 1. The molecule has 0 aliphatic rings. The molecule has 0 atom stereocenters. The second-order valence-electron chi connectivity index (χ2n) is 2.87. The molecule has 1 aromatic carbocycles. The number of nitrogens with two attached hydrogens (primary N) is 1. The van der Waals surface area contributed by atoms with Crippen LogP contribution in [0.5, 0.6) is 5.75 Å². The average Bonchev–Trinajstić information content (AvgIpc) is 2.21. The molecule has 1 aromatic rings. The van der Waals surface area contributed by atoms with Crippen LogP contribution < -0.4 is 10.5 Å². The van der Waals surface area contributed by atoms with Crippen LogP contribution in [-0.4, -0.2) is 19.4 Å². The van der Waals surface area contributed by atoms with Gasteiger partial charge < -0.3 is 15.2 Å². The summed E-state index contributed by atoms with van der Waals surface area (Å²) in [7, 11) is 0.921. The van der Waals surface area contributed by atoms with Gasteiger partial charge in [0.1, 0.15) is 17.1 Å². The van der Waals surface area contributed by atoms with Crippen LogP contribution in [0.1, 0.15) is 10.4 Å². The van der Waals surface area contributed by atoms with Crippen molar-refractivity contribution in [1.82, 2.24) is 0 Å². The molecule has 0 aliphatic heterocycles. The van der Waals surface area contributed by atoms with Crippen molar-refractivity contribution in [2.75, 3.05) is 12.8 Å². The van der Waals surface area contributed by atoms with Gasteiger partial charge in [0.2, 0.25) is 0 Å². The van der Waals surface area contributed by atoms with Gasteiger partial charge in [0.05, 0.1) is 12.8 Å². The number of carbonyl (C=O) groups is 1. The van der Waals surface area contributed by atoms with Gasteiger partial charge in [-0.3, -0.25) is 0 Å². The first-order valence-corrected chi connectivity index (χ1v) is 4.18. The number of hydrogen-bond acceptors (Lipinski definition) is 4. The lowest BCUT2D eigenvalue weighted by Gasteiger charge is -2.13. The molecular formula is C9H7F4NO3. The third-order valence-electron chi connectivity index (χ3n) is 1.77. The van der Waals surface area contributed by atoms with E-state index in [1.807, 2.05) is 0 Å². The van der Waals surface area contributed by atoms with Crippen LogP contribution >= 0.6 is 0 Å². The topological polar surface area (TPSA) is 61.5 Å². The van der Waals surface area contributed by atoms with Crippen molar-refractivity contribution in [2.24, 2.45) is 0 Å². The van der Waals surface area contributed by atoms with E-state index in [4.69, 9.17) is 5.73 Å². The number of rotatable bonds is 2. The van der Waals surface area contributed by atoms with E-state index in [0.717, 1.165) is 7.11 Å². The number of ether oxygens (including phenoxy) is 2. The Hall–Kier alpha value is -1.99. The van der Waals surface area contributed by atoms with Crippen molar-refractivity contribution >= 4 is 11.7 Å². The van der Waals surface area contributed by atoms with Gasteiger partial charge in [-0.05, 0) is 12.1 Å². The average molecular weight is 253 g/mol. The van der Waals surface area contributed by atoms with Gasteiger partial charge in [-0.15, -0.1) is 13.2 Å². The molecule has 0 fully saturated rings. The number of hydrogen-bond donors (Lipinski definition) is 1. The molecule has 0 unspecified atom stereocenters. The number of halogens is 4. The Balaban J connectivity index is 3.30. The monoisotopic (exact) mass is 253 g/mol. The fraction of sp³-hybridized carbons (Fsp3) is 0.222. The number of methoxy groups -OCH3 is 1. The predicted molar refractivity (Wildman–Crippen MR) is 48.8 cm³/mol. The van der Waals surface area contributed by atoms with Gasteiger partial charge in [-0.25, -0.2) is 9.18 Å². The zero-order valence-corrected chi connectivity index (χ0v) is 8.47. The van der Waals surface area contributed by atoms with Crippen LogP contribution in [0.25, 0.3) is 0 Å². The first-order chi connectivity index (χ1) is 7.76. The van der Waals surface area contributed by atoms with Crippen molar-refractivity contribution in [3.63, 3.8) is 0 Å². The highest BCUT2D eigenvalue weighted by molar-refractivity contribution is 5.98. The second-order valence-corrected chi connectivity index (χ2v) is 2.87. The van der Waals surface area contributed by atoms with E-state index in [1.54, 1.807) is 0 Å². The van der Waals surface area contributed by atoms with E-state index in [9.17, 15) is 22.4 Å². The minimum Gasteiger partial charge on any atom is -0.465 e. The molecule has 0 amide bonds. The Bertz CT molecular complexity index is 445. The minimum absolute atomic E-state index is 0.644. The zero-order chi connectivity index (χ0) is 13.2. The smallest absolute Gasteiger partial charge is 0.465 e. The molecule has 2 N–H and O–H groups in total. The van der Waals surface area contributed by atoms with E-state index in [0.29, 0.717) is 12.1 Å². The summed E-state index contributed by atoms with van der Waals surface area (Å²) in [6.07, 6.45) is -5.02. The third kappa shape index (κ3) is 2.99. The van der Waals surface area contributed by atoms with Crippen molar-refractivity contribution in [3.05, 3.63) is 23.5 Å². The summed E-state index contributed by atoms with van der Waals surface area (Å²) < 4.78 is 56.8. The predicted octanol–water partition coefficient (Wildman–Crippen LogP) is 2.09. The third-order valence-corrected chi connectivity index (χ3v) is 1.77. The summed E-state index contributed by atoms with van der Waals surface area (Å²) in [4.78, 5) is 11.2. The van der Waals surface area contributed by atoms with E-state index in [1.165, 1.54) is 0 Å². The lowest BCUT2D eigenvalue weighted by molar-refractivity contribution is -0.274. The standard InChI is InChI=1S/C9H7F4NO3/c1-16-8(15)6-5(17-9(11,12)13)3-2-4(10)7(6)14/h2-3H,14H2,1H3. The Labute approximate surface area is 92.9 Å². The summed E-state index contributed by atoms with van der Waals surface area (Å²) in [6.45, 7) is 0. The highest BCUT2D eigenvalue weighted by atomic mass is 19.4. The maximum Gasteiger partial charge on any atom is 0.573 e. The molecule has 0 heterocycles. The van der Waals surface area contributed by atoms with Gasteiger partial charge in [-0.2, -0.15) is 0 Å². The highest BCUT2D eigenvalue weighted by Crippen LogP contribution is 2.31. The number of anilines is 1. The fourth-order valence-electron chi connectivity index (χ4n) is 1.10. The minimum atomic E-state index is -5.02. The zero-order valence-electron chi connectivity index (χ0n) is 8.47. The molecule has 0 bridgehead atoms. The number of carbonyl (C=O) groups excluding carboxylic acids is 1. The van der Waals surface area contributed by atoms with Crippen LogP contribution in [0.3, 0.4) is 0 Å². The molecule has 17 heavy (non-hydrogen) atoms. The van der Waals surface area contributed by atoms with E-state index >= 15 is 0 Å². The normalized spacial score (nSPS) is 11.1. The van der Waals surface area contributed by atoms with Gasteiger partial charge in [0, 0.05) is 0 Å². The lowest BCUT2D eigenvalue weighted by atomic mass is 10.1. The van der Waals surface area contributed by atoms with Crippen LogP contribution in [0, 0.1) is 5.82 Å². The molecule has 4 nitrogen and oxygen atoms in total. The summed E-state index contributed by atoms with van der Waals surface area (Å²) in [6, 6.07) is 1.30. The van der Waals surface area contributed by atoms with Crippen LogP contribution in [0.2, 0.25) is 0 Å². The molecule has 0 spiro atoms. The fourth-order valence-corrected chi connectivity index (χ4v) is 1.10. The first-order valence-electron chi connectivity index (χ1n) is 4.18. The van der Waals surface area contributed by atoms with Crippen molar-refractivity contribution in [3.8, 4) is 5.75 Å². The summed E-state index contributed by atoms with van der Waals surface area (Å²) in [5.74, 6) is -3.18. The quantitative estimate of drug-likeness (QED) is 0.498. The van der Waals surface area contributed by atoms with Crippen molar-refractivity contribution in [1.29, 1.82) is 0 Å². The highest BCUT2D eigenvalue weighted by Gasteiger charge is 2.34. The van der Waals surface area contributed by atoms with Crippen molar-refractivity contribution in [2.45, 2.75) is 6.36 Å². The molecule has 1 rings (SSSR count). The molecule has 0 aliphatic carbocycles. The van der Waals surface area contributed by atoms with Gasteiger partial charge in [-0.1, -0.05) is 0 Å². The molecule has 94 valence electrons. The largest absolute Gasteiger partial charge is 0.573 e. The Morgan fingerprint density at radius 1 is 1.35 bits per heavy atom. The van der Waals surface area contributed by atoms with Gasteiger partial charge in [0.25, 0.3) is 0 Å². The molecule has 0 saturated carbocycles. The molecular weight excluding hydrogens is 246 g/mol. The van der Waals surface area contributed by atoms with Crippen LogP contribution in [0.4, 0.5) is 23.2 Å². The Morgan fingerprint density at radius 3 is 2.41 bits per heavy atom.